The van der Waals surface area contributed by atoms with Crippen LogP contribution in [0.25, 0.3) is 0 Å². The van der Waals surface area contributed by atoms with Crippen molar-refractivity contribution < 1.29 is 24.2 Å². The van der Waals surface area contributed by atoms with Crippen LogP contribution in [0, 0.1) is 11.8 Å². The van der Waals surface area contributed by atoms with Gasteiger partial charge in [0.1, 0.15) is 12.6 Å². The van der Waals surface area contributed by atoms with Crippen molar-refractivity contribution in [3.8, 4) is 0 Å². The number of hydrogen-bond donors (Lipinski definition) is 1. The molecule has 5 rings (SSSR count). The third-order valence-corrected chi connectivity index (χ3v) is 10.0. The highest BCUT2D eigenvalue weighted by molar-refractivity contribution is 8.02. The van der Waals surface area contributed by atoms with Gasteiger partial charge in [-0.25, -0.2) is 0 Å². The lowest BCUT2D eigenvalue weighted by molar-refractivity contribution is -0.151. The van der Waals surface area contributed by atoms with Gasteiger partial charge in [0, 0.05) is 31.0 Å². The summed E-state index contributed by atoms with van der Waals surface area (Å²) >= 11 is 1.62. The Morgan fingerprint density at radius 3 is 2.62 bits per heavy atom. The number of rotatable bonds is 7. The minimum absolute atomic E-state index is 0.0458. The van der Waals surface area contributed by atoms with Gasteiger partial charge in [-0.1, -0.05) is 56.4 Å². The Kier molecular flexibility index (Phi) is 7.07. The number of fused-ring (bicyclic) bond motifs is 2. The molecule has 186 valence electrons. The lowest BCUT2D eigenvalue weighted by Gasteiger charge is -2.39. The highest BCUT2D eigenvalue weighted by Crippen LogP contribution is 2.61. The minimum Gasteiger partial charge on any atom is -0.461 e. The predicted molar refractivity (Wildman–Crippen MR) is 130 cm³/mol. The normalized spacial score (nSPS) is 35.6. The summed E-state index contributed by atoms with van der Waals surface area (Å²) in [5, 5.41) is 8.93. The van der Waals surface area contributed by atoms with Crippen molar-refractivity contribution in [1.82, 2.24) is 9.80 Å². The highest BCUT2D eigenvalue weighted by atomic mass is 32.2. The molecule has 0 aromatic rings. The number of amides is 2. The molecule has 4 aliphatic heterocycles. The lowest BCUT2D eigenvalue weighted by atomic mass is 9.78. The summed E-state index contributed by atoms with van der Waals surface area (Å²) in [5.74, 6) is -1.49. The molecule has 3 fully saturated rings. The molecule has 8 heteroatoms. The average molecular weight is 489 g/mol. The number of thioether (sulfide) groups is 1. The summed E-state index contributed by atoms with van der Waals surface area (Å²) in [7, 11) is 0. The molecule has 0 aromatic carbocycles. The number of carbonyl (C=O) groups excluding carboxylic acids is 3. The van der Waals surface area contributed by atoms with Gasteiger partial charge in [-0.05, 0) is 25.7 Å². The van der Waals surface area contributed by atoms with Gasteiger partial charge >= 0.3 is 5.97 Å². The smallest absolute Gasteiger partial charge is 0.311 e. The van der Waals surface area contributed by atoms with E-state index >= 15 is 0 Å². The molecular weight excluding hydrogens is 452 g/mol. The maximum absolute atomic E-state index is 14.2. The lowest BCUT2D eigenvalue weighted by Crippen LogP contribution is -2.55. The van der Waals surface area contributed by atoms with Crippen molar-refractivity contribution in [3.05, 3.63) is 24.3 Å². The molecular formula is C26H36N2O5S. The standard InChI is InChI=1S/C26H36N2O5S/c29-16-7-2-1-6-14-28-22-24(31)27(18-10-4-3-5-11-18)15-9-13-26(22)21(23(28)30)20-19(34-26)12-8-17-33-25(20)32/h8-9,12-13,18-22,29H,1-7,10-11,14-17H2/t19-,20+,21+,22?,26+/m1/s1. The quantitative estimate of drug-likeness (QED) is 0.337. The number of cyclic esters (lactones) is 1. The molecule has 5 atom stereocenters. The number of ether oxygens (including phenoxy) is 1. The summed E-state index contributed by atoms with van der Waals surface area (Å²) in [6.07, 6.45) is 16.9. The molecule has 1 spiro atoms. The number of aliphatic hydroxyl groups excluding tert-OH is 1. The fourth-order valence-electron chi connectivity index (χ4n) is 6.69. The average Bonchev–Trinajstić information content (AvgIpc) is 3.13. The Morgan fingerprint density at radius 2 is 1.82 bits per heavy atom. The van der Waals surface area contributed by atoms with Crippen molar-refractivity contribution in [2.24, 2.45) is 11.8 Å². The van der Waals surface area contributed by atoms with Crippen LogP contribution in [0.3, 0.4) is 0 Å². The Hall–Kier alpha value is -1.80. The molecule has 5 aliphatic rings. The molecule has 34 heavy (non-hydrogen) atoms. The van der Waals surface area contributed by atoms with E-state index in [4.69, 9.17) is 9.84 Å². The SMILES string of the molecule is O=C1OCC=C[C@H]2S[C@]34C=CCN(C5CCCCC5)C(=O)C3N(CCCCCCO)C(=O)[C@@H]4[C@@H]12. The van der Waals surface area contributed by atoms with Gasteiger partial charge in [0.05, 0.1) is 16.6 Å². The second-order valence-electron chi connectivity index (χ2n) is 10.3. The topological polar surface area (TPSA) is 87.2 Å². The summed E-state index contributed by atoms with van der Waals surface area (Å²) in [6.45, 7) is 1.49. The number of likely N-dealkylation sites (tertiary alicyclic amines) is 1. The second kappa shape index (κ2) is 10.1. The number of aliphatic hydroxyl groups is 1. The van der Waals surface area contributed by atoms with E-state index in [-0.39, 0.29) is 42.3 Å². The summed E-state index contributed by atoms with van der Waals surface area (Å²) in [6, 6.07) is -0.356. The Labute approximate surface area is 205 Å². The first-order valence-electron chi connectivity index (χ1n) is 13.0. The van der Waals surface area contributed by atoms with Gasteiger partial charge in [0.2, 0.25) is 11.8 Å². The molecule has 1 N–H and O–H groups in total. The first kappa shape index (κ1) is 23.9. The van der Waals surface area contributed by atoms with Crippen LogP contribution < -0.4 is 0 Å². The van der Waals surface area contributed by atoms with Crippen molar-refractivity contribution in [1.29, 1.82) is 0 Å². The Morgan fingerprint density at radius 1 is 1.03 bits per heavy atom. The van der Waals surface area contributed by atoms with Crippen LogP contribution >= 0.6 is 11.8 Å². The highest BCUT2D eigenvalue weighted by Gasteiger charge is 2.71. The van der Waals surface area contributed by atoms with Gasteiger partial charge in [0.25, 0.3) is 0 Å². The maximum Gasteiger partial charge on any atom is 0.311 e. The maximum atomic E-state index is 14.2. The molecule has 1 aliphatic carbocycles. The molecule has 4 heterocycles. The van der Waals surface area contributed by atoms with E-state index in [1.807, 2.05) is 17.1 Å². The zero-order chi connectivity index (χ0) is 23.7. The minimum atomic E-state index is -0.737. The van der Waals surface area contributed by atoms with Crippen LogP contribution in [0.5, 0.6) is 0 Å². The van der Waals surface area contributed by atoms with Crippen LogP contribution in [-0.2, 0) is 19.1 Å². The van der Waals surface area contributed by atoms with Crippen molar-refractivity contribution in [2.45, 2.75) is 79.9 Å². The summed E-state index contributed by atoms with van der Waals surface area (Å²) < 4.78 is 4.69. The fourth-order valence-corrected chi connectivity index (χ4v) is 8.70. The number of nitrogens with zero attached hydrogens (tertiary/aromatic N) is 2. The number of esters is 1. The zero-order valence-corrected chi connectivity index (χ0v) is 20.6. The molecule has 0 bridgehead atoms. The number of hydrogen-bond acceptors (Lipinski definition) is 6. The largest absolute Gasteiger partial charge is 0.461 e. The Balaban J connectivity index is 1.48. The fraction of sp³-hybridized carbons (Fsp3) is 0.731. The molecule has 0 radical (unpaired) electrons. The van der Waals surface area contributed by atoms with Gasteiger partial charge in [0.15, 0.2) is 0 Å². The van der Waals surface area contributed by atoms with E-state index in [1.54, 1.807) is 16.7 Å². The van der Waals surface area contributed by atoms with Gasteiger partial charge < -0.3 is 19.6 Å². The van der Waals surface area contributed by atoms with Crippen molar-refractivity contribution >= 4 is 29.5 Å². The van der Waals surface area contributed by atoms with Crippen LogP contribution in [0.4, 0.5) is 0 Å². The van der Waals surface area contributed by atoms with Crippen molar-refractivity contribution in [3.63, 3.8) is 0 Å². The van der Waals surface area contributed by atoms with Gasteiger partial charge in [-0.2, -0.15) is 0 Å². The van der Waals surface area contributed by atoms with E-state index in [2.05, 4.69) is 12.2 Å². The van der Waals surface area contributed by atoms with Crippen LogP contribution in [0.15, 0.2) is 24.3 Å². The van der Waals surface area contributed by atoms with Gasteiger partial charge in [-0.15, -0.1) is 11.8 Å². The molecule has 2 saturated heterocycles. The van der Waals surface area contributed by atoms with Crippen molar-refractivity contribution in [2.75, 3.05) is 26.3 Å². The first-order valence-corrected chi connectivity index (χ1v) is 13.9. The van der Waals surface area contributed by atoms with Crippen LogP contribution in [0.2, 0.25) is 0 Å². The third kappa shape index (κ3) is 4.00. The van der Waals surface area contributed by atoms with Crippen LogP contribution in [-0.4, -0.2) is 81.1 Å². The number of carbonyl (C=O) groups is 3. The van der Waals surface area contributed by atoms with E-state index in [0.717, 1.165) is 51.4 Å². The van der Waals surface area contributed by atoms with Crippen LogP contribution in [0.1, 0.15) is 57.8 Å². The number of unbranched alkanes of at least 4 members (excludes halogenated alkanes) is 3. The zero-order valence-electron chi connectivity index (χ0n) is 19.8. The van der Waals surface area contributed by atoms with E-state index in [0.29, 0.717) is 13.1 Å². The Bertz CT molecular complexity index is 869. The molecule has 0 aromatic heterocycles. The molecule has 7 nitrogen and oxygen atoms in total. The summed E-state index contributed by atoms with van der Waals surface area (Å²) in [4.78, 5) is 45.0. The molecule has 2 amide bonds. The van der Waals surface area contributed by atoms with E-state index in [9.17, 15) is 14.4 Å². The second-order valence-corrected chi connectivity index (χ2v) is 11.7. The monoisotopic (exact) mass is 488 g/mol. The summed E-state index contributed by atoms with van der Waals surface area (Å²) in [5.41, 5.74) is 0. The molecule has 1 saturated carbocycles. The first-order chi connectivity index (χ1) is 16.6. The van der Waals surface area contributed by atoms with Gasteiger partial charge in [-0.3, -0.25) is 14.4 Å². The molecule has 1 unspecified atom stereocenters. The van der Waals surface area contributed by atoms with E-state index in [1.165, 1.54) is 6.42 Å². The van der Waals surface area contributed by atoms with E-state index < -0.39 is 22.6 Å². The third-order valence-electron chi connectivity index (χ3n) is 8.27. The predicted octanol–water partition coefficient (Wildman–Crippen LogP) is 2.68.